The molecule has 0 atom stereocenters. The van der Waals surface area contributed by atoms with Crippen LogP contribution in [0, 0.1) is 0 Å². The van der Waals surface area contributed by atoms with Crippen molar-refractivity contribution in [3.05, 3.63) is 35.4 Å². The molecule has 2 heterocycles. The van der Waals surface area contributed by atoms with Crippen molar-refractivity contribution in [1.29, 1.82) is 0 Å². The standard InChI is InChI=1S/C16H21N3O2/c1-2-18(12-7-9-17-10-8-12)11-19-15(20)13-5-3-4-6-14(13)16(19)21/h3-6,12,17H,2,7-11H2,1H3. The van der Waals surface area contributed by atoms with E-state index in [9.17, 15) is 9.59 Å². The molecule has 0 aliphatic carbocycles. The van der Waals surface area contributed by atoms with Crippen LogP contribution in [0.5, 0.6) is 0 Å². The molecular formula is C16H21N3O2. The van der Waals surface area contributed by atoms with Gasteiger partial charge in [0.15, 0.2) is 0 Å². The highest BCUT2D eigenvalue weighted by Gasteiger charge is 2.36. The third-order valence-electron chi connectivity index (χ3n) is 4.43. The van der Waals surface area contributed by atoms with Crippen molar-refractivity contribution >= 4 is 11.8 Å². The van der Waals surface area contributed by atoms with E-state index in [2.05, 4.69) is 17.1 Å². The normalized spacial score (nSPS) is 19.4. The average molecular weight is 287 g/mol. The lowest BCUT2D eigenvalue weighted by molar-refractivity contribution is 0.0464. The molecule has 0 bridgehead atoms. The first-order valence-corrected chi connectivity index (χ1v) is 7.62. The van der Waals surface area contributed by atoms with Crippen LogP contribution in [-0.4, -0.2) is 54.0 Å². The first-order chi connectivity index (χ1) is 10.2. The number of piperidine rings is 1. The Morgan fingerprint density at radius 3 is 2.24 bits per heavy atom. The van der Waals surface area contributed by atoms with Crippen molar-refractivity contribution in [2.24, 2.45) is 0 Å². The van der Waals surface area contributed by atoms with E-state index in [0.29, 0.717) is 23.8 Å². The number of carbonyl (C=O) groups is 2. The van der Waals surface area contributed by atoms with E-state index < -0.39 is 0 Å². The number of hydrogen-bond donors (Lipinski definition) is 1. The van der Waals surface area contributed by atoms with E-state index >= 15 is 0 Å². The van der Waals surface area contributed by atoms with E-state index in [1.54, 1.807) is 24.3 Å². The summed E-state index contributed by atoms with van der Waals surface area (Å²) >= 11 is 0. The topological polar surface area (TPSA) is 52.7 Å². The maximum atomic E-state index is 12.4. The van der Waals surface area contributed by atoms with E-state index in [1.165, 1.54) is 4.90 Å². The largest absolute Gasteiger partial charge is 0.317 e. The highest BCUT2D eigenvalue weighted by atomic mass is 16.2. The van der Waals surface area contributed by atoms with Gasteiger partial charge in [-0.1, -0.05) is 19.1 Å². The third kappa shape index (κ3) is 2.59. The van der Waals surface area contributed by atoms with Gasteiger partial charge in [0.25, 0.3) is 11.8 Å². The average Bonchev–Trinajstić information content (AvgIpc) is 2.78. The number of rotatable bonds is 4. The van der Waals surface area contributed by atoms with Crippen molar-refractivity contribution in [3.63, 3.8) is 0 Å². The lowest BCUT2D eigenvalue weighted by Crippen LogP contribution is -2.49. The van der Waals surface area contributed by atoms with Gasteiger partial charge < -0.3 is 5.32 Å². The van der Waals surface area contributed by atoms with E-state index in [4.69, 9.17) is 0 Å². The molecule has 0 unspecified atom stereocenters. The van der Waals surface area contributed by atoms with E-state index in [0.717, 1.165) is 32.5 Å². The van der Waals surface area contributed by atoms with E-state index in [1.807, 2.05) is 0 Å². The van der Waals surface area contributed by atoms with Crippen LogP contribution in [0.4, 0.5) is 0 Å². The Labute approximate surface area is 124 Å². The molecular weight excluding hydrogens is 266 g/mol. The summed E-state index contributed by atoms with van der Waals surface area (Å²) in [7, 11) is 0. The van der Waals surface area contributed by atoms with Gasteiger partial charge in [-0.25, -0.2) is 0 Å². The minimum absolute atomic E-state index is 0.164. The van der Waals surface area contributed by atoms with Crippen LogP contribution >= 0.6 is 0 Å². The fourth-order valence-electron chi connectivity index (χ4n) is 3.19. The van der Waals surface area contributed by atoms with Crippen molar-refractivity contribution in [3.8, 4) is 0 Å². The Morgan fingerprint density at radius 1 is 1.14 bits per heavy atom. The minimum Gasteiger partial charge on any atom is -0.317 e. The molecule has 0 spiro atoms. The molecule has 0 aromatic heterocycles. The Hall–Kier alpha value is -1.72. The summed E-state index contributed by atoms with van der Waals surface area (Å²) in [6, 6.07) is 7.52. The summed E-state index contributed by atoms with van der Waals surface area (Å²) in [5.74, 6) is -0.328. The summed E-state index contributed by atoms with van der Waals surface area (Å²) in [5, 5.41) is 3.34. The van der Waals surface area contributed by atoms with Crippen LogP contribution in [-0.2, 0) is 0 Å². The number of hydrogen-bond acceptors (Lipinski definition) is 4. The van der Waals surface area contributed by atoms with Crippen LogP contribution < -0.4 is 5.32 Å². The van der Waals surface area contributed by atoms with Crippen LogP contribution in [0.25, 0.3) is 0 Å². The highest BCUT2D eigenvalue weighted by Crippen LogP contribution is 2.23. The predicted molar refractivity (Wildman–Crippen MR) is 80.1 cm³/mol. The lowest BCUT2D eigenvalue weighted by atomic mass is 10.1. The maximum Gasteiger partial charge on any atom is 0.262 e. The number of benzene rings is 1. The van der Waals surface area contributed by atoms with Crippen LogP contribution in [0.1, 0.15) is 40.5 Å². The number of carbonyl (C=O) groups excluding carboxylic acids is 2. The van der Waals surface area contributed by atoms with Crippen molar-refractivity contribution < 1.29 is 9.59 Å². The molecule has 5 heteroatoms. The van der Waals surface area contributed by atoms with Crippen molar-refractivity contribution in [2.75, 3.05) is 26.3 Å². The third-order valence-corrected chi connectivity index (χ3v) is 4.43. The van der Waals surface area contributed by atoms with Crippen LogP contribution in [0.2, 0.25) is 0 Å². The molecule has 5 nitrogen and oxygen atoms in total. The molecule has 0 saturated carbocycles. The predicted octanol–water partition coefficient (Wildman–Crippen LogP) is 1.31. The van der Waals surface area contributed by atoms with Gasteiger partial charge >= 0.3 is 0 Å². The van der Waals surface area contributed by atoms with Crippen LogP contribution in [0.3, 0.4) is 0 Å². The number of nitrogens with one attached hydrogen (secondary N) is 1. The molecule has 1 N–H and O–H groups in total. The molecule has 3 rings (SSSR count). The fourth-order valence-corrected chi connectivity index (χ4v) is 3.19. The first kappa shape index (κ1) is 14.2. The van der Waals surface area contributed by atoms with Crippen LogP contribution in [0.15, 0.2) is 24.3 Å². The molecule has 0 radical (unpaired) electrons. The number of amides is 2. The van der Waals surface area contributed by atoms with Gasteiger partial charge in [0.1, 0.15) is 0 Å². The Balaban J connectivity index is 1.75. The quantitative estimate of drug-likeness (QED) is 0.849. The summed E-state index contributed by atoms with van der Waals surface area (Å²) in [5.41, 5.74) is 1.06. The van der Waals surface area contributed by atoms with Gasteiger partial charge in [0.05, 0.1) is 17.8 Å². The van der Waals surface area contributed by atoms with Gasteiger partial charge in [-0.2, -0.15) is 0 Å². The molecule has 1 aromatic carbocycles. The highest BCUT2D eigenvalue weighted by molar-refractivity contribution is 6.21. The molecule has 2 aliphatic heterocycles. The molecule has 2 aliphatic rings. The second kappa shape index (κ2) is 5.95. The van der Waals surface area contributed by atoms with Gasteiger partial charge in [0.2, 0.25) is 0 Å². The zero-order chi connectivity index (χ0) is 14.8. The molecule has 2 amide bonds. The van der Waals surface area contributed by atoms with Gasteiger partial charge in [-0.3, -0.25) is 19.4 Å². The first-order valence-electron chi connectivity index (χ1n) is 7.62. The number of fused-ring (bicyclic) bond motifs is 1. The Bertz CT molecular complexity index is 517. The van der Waals surface area contributed by atoms with Gasteiger partial charge in [0, 0.05) is 6.04 Å². The summed E-state index contributed by atoms with van der Waals surface area (Å²) in [4.78, 5) is 28.4. The second-order valence-corrected chi connectivity index (χ2v) is 5.61. The summed E-state index contributed by atoms with van der Waals surface area (Å²) in [6.07, 6.45) is 2.13. The Morgan fingerprint density at radius 2 is 1.71 bits per heavy atom. The lowest BCUT2D eigenvalue weighted by Gasteiger charge is -2.35. The molecule has 112 valence electrons. The van der Waals surface area contributed by atoms with E-state index in [-0.39, 0.29) is 11.8 Å². The Kier molecular flexibility index (Phi) is 4.03. The second-order valence-electron chi connectivity index (χ2n) is 5.61. The summed E-state index contributed by atoms with van der Waals surface area (Å²) in [6.45, 7) is 5.33. The monoisotopic (exact) mass is 287 g/mol. The SMILES string of the molecule is CCN(CN1C(=O)c2ccccc2C1=O)C1CCNCC1. The smallest absolute Gasteiger partial charge is 0.262 e. The minimum atomic E-state index is -0.164. The zero-order valence-electron chi connectivity index (χ0n) is 12.3. The number of imide groups is 1. The number of nitrogens with zero attached hydrogens (tertiary/aromatic N) is 2. The molecule has 1 fully saturated rings. The zero-order valence-corrected chi connectivity index (χ0v) is 12.3. The maximum absolute atomic E-state index is 12.4. The van der Waals surface area contributed by atoms with Gasteiger partial charge in [-0.05, 0) is 44.6 Å². The molecule has 21 heavy (non-hydrogen) atoms. The van der Waals surface area contributed by atoms with Gasteiger partial charge in [-0.15, -0.1) is 0 Å². The molecule has 1 aromatic rings. The molecule has 1 saturated heterocycles. The van der Waals surface area contributed by atoms with Crippen molar-refractivity contribution in [2.45, 2.75) is 25.8 Å². The summed E-state index contributed by atoms with van der Waals surface area (Å²) < 4.78 is 0. The van der Waals surface area contributed by atoms with Crippen molar-refractivity contribution in [1.82, 2.24) is 15.1 Å². The fraction of sp³-hybridized carbons (Fsp3) is 0.500.